The van der Waals surface area contributed by atoms with Crippen molar-refractivity contribution in [3.8, 4) is 0 Å². The molecule has 0 radical (unpaired) electrons. The van der Waals surface area contributed by atoms with E-state index < -0.39 is 6.43 Å². The number of hydrogen-bond donors (Lipinski definition) is 0. The molecule has 0 spiro atoms. The van der Waals surface area contributed by atoms with Gasteiger partial charge in [0.05, 0.1) is 0 Å². The van der Waals surface area contributed by atoms with Crippen molar-refractivity contribution in [3.63, 3.8) is 0 Å². The molecular formula is C17H20F2N6. The van der Waals surface area contributed by atoms with Gasteiger partial charge in [0.15, 0.2) is 0 Å². The summed E-state index contributed by atoms with van der Waals surface area (Å²) < 4.78 is 26.4. The molecule has 1 atom stereocenters. The van der Waals surface area contributed by atoms with Crippen LogP contribution in [0.1, 0.15) is 43.1 Å². The van der Waals surface area contributed by atoms with Gasteiger partial charge in [0.25, 0.3) is 6.43 Å². The molecule has 8 heteroatoms. The van der Waals surface area contributed by atoms with Crippen molar-refractivity contribution in [2.45, 2.75) is 37.6 Å². The Morgan fingerprint density at radius 3 is 2.76 bits per heavy atom. The van der Waals surface area contributed by atoms with Crippen LogP contribution in [-0.4, -0.2) is 46.1 Å². The molecule has 2 aromatic heterocycles. The van der Waals surface area contributed by atoms with E-state index in [1.54, 1.807) is 6.20 Å². The van der Waals surface area contributed by atoms with Gasteiger partial charge in [-0.3, -0.25) is 0 Å². The minimum Gasteiger partial charge on any atom is -0.355 e. The van der Waals surface area contributed by atoms with Gasteiger partial charge in [-0.2, -0.15) is 0 Å². The molecule has 6 nitrogen and oxygen atoms in total. The molecule has 2 fully saturated rings. The lowest BCUT2D eigenvalue weighted by Gasteiger charge is -2.26. The number of anilines is 2. The Bertz CT molecular complexity index is 717. The lowest BCUT2D eigenvalue weighted by molar-refractivity contribution is 0.145. The summed E-state index contributed by atoms with van der Waals surface area (Å²) in [7, 11) is 2.00. The fourth-order valence-corrected chi connectivity index (χ4v) is 3.21. The van der Waals surface area contributed by atoms with Crippen LogP contribution in [-0.2, 0) is 0 Å². The molecule has 1 saturated carbocycles. The van der Waals surface area contributed by atoms with Crippen LogP contribution in [0, 0.1) is 0 Å². The SMILES string of the molecule is CN(c1ccncn1)C1CCN(c2cc(C(F)F)nc(C3CC3)n2)C1. The van der Waals surface area contributed by atoms with Gasteiger partial charge in [-0.1, -0.05) is 0 Å². The number of likely N-dealkylation sites (N-methyl/N-ethyl adjacent to an activating group) is 1. The average molecular weight is 346 g/mol. The molecule has 25 heavy (non-hydrogen) atoms. The van der Waals surface area contributed by atoms with Gasteiger partial charge < -0.3 is 9.80 Å². The molecule has 0 aromatic carbocycles. The topological polar surface area (TPSA) is 58.0 Å². The third kappa shape index (κ3) is 3.38. The first-order valence-corrected chi connectivity index (χ1v) is 8.52. The second-order valence-corrected chi connectivity index (χ2v) is 6.65. The molecule has 2 aliphatic rings. The smallest absolute Gasteiger partial charge is 0.280 e. The van der Waals surface area contributed by atoms with Crippen molar-refractivity contribution >= 4 is 11.6 Å². The number of alkyl halides is 2. The lowest BCUT2D eigenvalue weighted by atomic mass is 10.2. The van der Waals surface area contributed by atoms with E-state index in [4.69, 9.17) is 0 Å². The monoisotopic (exact) mass is 346 g/mol. The zero-order valence-electron chi connectivity index (χ0n) is 14.0. The Balaban J connectivity index is 1.53. The highest BCUT2D eigenvalue weighted by atomic mass is 19.3. The normalized spacial score (nSPS) is 20.3. The molecule has 1 aliphatic heterocycles. The molecule has 1 aliphatic carbocycles. The van der Waals surface area contributed by atoms with Crippen molar-refractivity contribution in [2.75, 3.05) is 29.9 Å². The first kappa shape index (κ1) is 16.1. The summed E-state index contributed by atoms with van der Waals surface area (Å²) >= 11 is 0. The Morgan fingerprint density at radius 1 is 1.24 bits per heavy atom. The van der Waals surface area contributed by atoms with Crippen LogP contribution >= 0.6 is 0 Å². The van der Waals surface area contributed by atoms with E-state index in [1.807, 2.05) is 13.1 Å². The highest BCUT2D eigenvalue weighted by Crippen LogP contribution is 2.39. The molecule has 1 unspecified atom stereocenters. The van der Waals surface area contributed by atoms with Crippen LogP contribution in [0.4, 0.5) is 20.4 Å². The molecule has 0 amide bonds. The fraction of sp³-hybridized carbons (Fsp3) is 0.529. The predicted octanol–water partition coefficient (Wildman–Crippen LogP) is 2.80. The van der Waals surface area contributed by atoms with Gasteiger partial charge in [-0.15, -0.1) is 0 Å². The standard InChI is InChI=1S/C17H20F2N6/c1-24(14-4-6-20-10-21-14)12-5-7-25(9-12)15-8-13(16(18)19)22-17(23-15)11-2-3-11/h4,6,8,10-12,16H,2-3,5,7,9H2,1H3. The molecule has 3 heterocycles. The van der Waals surface area contributed by atoms with Gasteiger partial charge in [-0.05, 0) is 25.3 Å². The number of halogens is 2. The predicted molar refractivity (Wildman–Crippen MR) is 90.0 cm³/mol. The summed E-state index contributed by atoms with van der Waals surface area (Å²) in [4.78, 5) is 21.0. The summed E-state index contributed by atoms with van der Waals surface area (Å²) in [5.74, 6) is 2.29. The van der Waals surface area contributed by atoms with Crippen molar-refractivity contribution < 1.29 is 8.78 Å². The zero-order chi connectivity index (χ0) is 17.4. The second kappa shape index (κ2) is 6.50. The average Bonchev–Trinajstić information content (AvgIpc) is 3.38. The van der Waals surface area contributed by atoms with Gasteiger partial charge in [-0.25, -0.2) is 28.7 Å². The van der Waals surface area contributed by atoms with Gasteiger partial charge in [0, 0.05) is 44.4 Å². The lowest BCUT2D eigenvalue weighted by Crippen LogP contribution is -2.35. The van der Waals surface area contributed by atoms with Crippen LogP contribution in [0.25, 0.3) is 0 Å². The Morgan fingerprint density at radius 2 is 2.08 bits per heavy atom. The van der Waals surface area contributed by atoms with E-state index in [9.17, 15) is 8.78 Å². The Kier molecular flexibility index (Phi) is 4.19. The fourth-order valence-electron chi connectivity index (χ4n) is 3.21. The van der Waals surface area contributed by atoms with Crippen LogP contribution < -0.4 is 9.80 Å². The van der Waals surface area contributed by atoms with Crippen LogP contribution in [0.3, 0.4) is 0 Å². The van der Waals surface area contributed by atoms with E-state index >= 15 is 0 Å². The molecular weight excluding hydrogens is 326 g/mol. The summed E-state index contributed by atoms with van der Waals surface area (Å²) in [6.07, 6.45) is 3.58. The van der Waals surface area contributed by atoms with Gasteiger partial charge in [0.1, 0.15) is 29.5 Å². The second-order valence-electron chi connectivity index (χ2n) is 6.65. The van der Waals surface area contributed by atoms with Gasteiger partial charge in [0.2, 0.25) is 0 Å². The van der Waals surface area contributed by atoms with Crippen molar-refractivity contribution in [2.24, 2.45) is 0 Å². The Labute approximate surface area is 144 Å². The summed E-state index contributed by atoms with van der Waals surface area (Å²) in [5, 5.41) is 0. The molecule has 4 rings (SSSR count). The van der Waals surface area contributed by atoms with Crippen molar-refractivity contribution in [3.05, 3.63) is 36.2 Å². The minimum atomic E-state index is -2.57. The van der Waals surface area contributed by atoms with E-state index in [2.05, 4.69) is 29.7 Å². The van der Waals surface area contributed by atoms with E-state index in [-0.39, 0.29) is 17.7 Å². The van der Waals surface area contributed by atoms with Crippen LogP contribution in [0.15, 0.2) is 24.7 Å². The highest BCUT2D eigenvalue weighted by molar-refractivity contribution is 5.45. The summed E-state index contributed by atoms with van der Waals surface area (Å²) in [5.41, 5.74) is -0.167. The maximum atomic E-state index is 13.2. The van der Waals surface area contributed by atoms with Crippen molar-refractivity contribution in [1.82, 2.24) is 19.9 Å². The number of aromatic nitrogens is 4. The molecule has 1 saturated heterocycles. The van der Waals surface area contributed by atoms with Gasteiger partial charge >= 0.3 is 0 Å². The maximum Gasteiger partial charge on any atom is 0.280 e. The number of nitrogens with zero attached hydrogens (tertiary/aromatic N) is 6. The third-order valence-electron chi connectivity index (χ3n) is 4.88. The quantitative estimate of drug-likeness (QED) is 0.830. The van der Waals surface area contributed by atoms with E-state index in [0.29, 0.717) is 11.6 Å². The van der Waals surface area contributed by atoms with Crippen LogP contribution in [0.2, 0.25) is 0 Å². The Hall–Kier alpha value is -2.38. The summed E-state index contributed by atoms with van der Waals surface area (Å²) in [6.45, 7) is 1.51. The third-order valence-corrected chi connectivity index (χ3v) is 4.88. The zero-order valence-corrected chi connectivity index (χ0v) is 14.0. The van der Waals surface area contributed by atoms with Crippen LogP contribution in [0.5, 0.6) is 0 Å². The largest absolute Gasteiger partial charge is 0.355 e. The first-order chi connectivity index (χ1) is 12.1. The minimum absolute atomic E-state index is 0.167. The highest BCUT2D eigenvalue weighted by Gasteiger charge is 2.31. The van der Waals surface area contributed by atoms with E-state index in [0.717, 1.165) is 38.2 Å². The number of hydrogen-bond acceptors (Lipinski definition) is 6. The van der Waals surface area contributed by atoms with Crippen molar-refractivity contribution in [1.29, 1.82) is 0 Å². The number of rotatable bonds is 5. The summed E-state index contributed by atoms with van der Waals surface area (Å²) in [6, 6.07) is 3.56. The van der Waals surface area contributed by atoms with E-state index in [1.165, 1.54) is 12.4 Å². The molecule has 0 bridgehead atoms. The molecule has 132 valence electrons. The molecule has 2 aromatic rings. The first-order valence-electron chi connectivity index (χ1n) is 8.52. The molecule has 0 N–H and O–H groups in total. The maximum absolute atomic E-state index is 13.2.